The first-order chi connectivity index (χ1) is 7.45. The molecule has 0 aliphatic heterocycles. The molecule has 0 atom stereocenters. The molecule has 0 unspecified atom stereocenters. The minimum atomic E-state index is -0.0647. The zero-order valence-corrected chi connectivity index (χ0v) is 10.4. The van der Waals surface area contributed by atoms with Gasteiger partial charge in [0.05, 0.1) is 6.54 Å². The van der Waals surface area contributed by atoms with Gasteiger partial charge in [-0.15, -0.1) is 0 Å². The maximum absolute atomic E-state index is 9.78. The predicted octanol–water partition coefficient (Wildman–Crippen LogP) is 2.26. The molecule has 0 saturated heterocycles. The van der Waals surface area contributed by atoms with E-state index in [-0.39, 0.29) is 5.41 Å². The summed E-state index contributed by atoms with van der Waals surface area (Å²) in [5.41, 5.74) is 1.81. The van der Waals surface area contributed by atoms with Crippen molar-refractivity contribution in [1.29, 1.82) is 0 Å². The summed E-state index contributed by atoms with van der Waals surface area (Å²) < 4.78 is 0. The molecule has 0 spiro atoms. The van der Waals surface area contributed by atoms with E-state index >= 15 is 0 Å². The third kappa shape index (κ3) is 3.29. The molecular weight excluding hydrogens is 198 g/mol. The molecule has 0 aliphatic carbocycles. The number of hydrogen-bond donors (Lipinski definition) is 2. The van der Waals surface area contributed by atoms with Gasteiger partial charge in [0.1, 0.15) is 5.75 Å². The molecule has 1 aromatic rings. The van der Waals surface area contributed by atoms with Crippen molar-refractivity contribution in [3.63, 3.8) is 0 Å². The molecule has 86 valence electrons. The van der Waals surface area contributed by atoms with Crippen molar-refractivity contribution in [2.75, 3.05) is 13.6 Å². The van der Waals surface area contributed by atoms with E-state index in [1.165, 1.54) is 0 Å². The van der Waals surface area contributed by atoms with Gasteiger partial charge in [0.25, 0.3) is 0 Å². The van der Waals surface area contributed by atoms with Gasteiger partial charge in [-0.25, -0.2) is 0 Å². The Morgan fingerprint density at radius 3 is 2.56 bits per heavy atom. The van der Waals surface area contributed by atoms with E-state index in [0.717, 1.165) is 11.1 Å². The summed E-state index contributed by atoms with van der Waals surface area (Å²) in [7, 11) is 1.87. The number of rotatable bonds is 1. The molecule has 0 radical (unpaired) electrons. The van der Waals surface area contributed by atoms with Crippen molar-refractivity contribution in [3.8, 4) is 17.6 Å². The lowest BCUT2D eigenvalue weighted by Crippen LogP contribution is -2.11. The number of benzene rings is 1. The van der Waals surface area contributed by atoms with Crippen LogP contribution >= 0.6 is 0 Å². The highest BCUT2D eigenvalue weighted by molar-refractivity contribution is 5.46. The Labute approximate surface area is 97.7 Å². The summed E-state index contributed by atoms with van der Waals surface area (Å²) in [6, 6.07) is 5.51. The van der Waals surface area contributed by atoms with Crippen LogP contribution in [-0.2, 0) is 5.41 Å². The molecular formula is C14H19NO. The number of hydrogen-bond acceptors (Lipinski definition) is 2. The number of aromatic hydroxyl groups is 1. The Morgan fingerprint density at radius 2 is 2.00 bits per heavy atom. The second-order valence-electron chi connectivity index (χ2n) is 4.81. The molecule has 0 heterocycles. The molecule has 0 amide bonds. The quantitative estimate of drug-likeness (QED) is 0.707. The van der Waals surface area contributed by atoms with Gasteiger partial charge in [0.2, 0.25) is 0 Å². The highest BCUT2D eigenvalue weighted by Crippen LogP contribution is 2.30. The van der Waals surface area contributed by atoms with Crippen molar-refractivity contribution >= 4 is 0 Å². The summed E-state index contributed by atoms with van der Waals surface area (Å²) >= 11 is 0. The van der Waals surface area contributed by atoms with Gasteiger partial charge in [-0.05, 0) is 30.7 Å². The first-order valence-corrected chi connectivity index (χ1v) is 5.42. The molecule has 0 bridgehead atoms. The van der Waals surface area contributed by atoms with E-state index in [9.17, 15) is 5.11 Å². The van der Waals surface area contributed by atoms with Crippen LogP contribution in [0.3, 0.4) is 0 Å². The lowest BCUT2D eigenvalue weighted by Gasteiger charge is -2.20. The van der Waals surface area contributed by atoms with E-state index in [1.54, 1.807) is 6.07 Å². The van der Waals surface area contributed by atoms with Crippen LogP contribution < -0.4 is 5.32 Å². The van der Waals surface area contributed by atoms with E-state index in [2.05, 4.69) is 37.9 Å². The van der Waals surface area contributed by atoms with Gasteiger partial charge < -0.3 is 10.4 Å². The lowest BCUT2D eigenvalue weighted by molar-refractivity contribution is 0.446. The van der Waals surface area contributed by atoms with Gasteiger partial charge in [-0.2, -0.15) is 0 Å². The molecule has 0 aliphatic rings. The number of phenols is 1. The first kappa shape index (κ1) is 12.6. The zero-order valence-electron chi connectivity index (χ0n) is 10.4. The largest absolute Gasteiger partial charge is 0.508 e. The summed E-state index contributed by atoms with van der Waals surface area (Å²) in [6.45, 7) is 6.90. The highest BCUT2D eigenvalue weighted by Gasteiger charge is 2.17. The Bertz CT molecular complexity index is 419. The molecule has 0 saturated carbocycles. The molecule has 0 fully saturated rings. The minimum absolute atomic E-state index is 0.0647. The van der Waals surface area contributed by atoms with E-state index in [4.69, 9.17) is 0 Å². The molecule has 2 N–H and O–H groups in total. The van der Waals surface area contributed by atoms with Crippen molar-refractivity contribution in [3.05, 3.63) is 29.3 Å². The third-order valence-corrected chi connectivity index (χ3v) is 2.30. The summed E-state index contributed by atoms with van der Waals surface area (Å²) in [4.78, 5) is 0. The fraction of sp³-hybridized carbons (Fsp3) is 0.429. The maximum atomic E-state index is 9.78. The van der Waals surface area contributed by atoms with Crippen LogP contribution in [0.5, 0.6) is 5.75 Å². The summed E-state index contributed by atoms with van der Waals surface area (Å²) in [6.07, 6.45) is 0. The Balaban J connectivity index is 3.05. The van der Waals surface area contributed by atoms with Crippen molar-refractivity contribution < 1.29 is 5.11 Å². The van der Waals surface area contributed by atoms with Gasteiger partial charge in [-0.1, -0.05) is 32.6 Å². The van der Waals surface area contributed by atoms with Gasteiger partial charge >= 0.3 is 0 Å². The number of nitrogens with one attached hydrogen (secondary N) is 1. The van der Waals surface area contributed by atoms with Gasteiger partial charge in [0.15, 0.2) is 0 Å². The second-order valence-corrected chi connectivity index (χ2v) is 4.81. The zero-order chi connectivity index (χ0) is 12.2. The van der Waals surface area contributed by atoms with E-state index < -0.39 is 0 Å². The molecule has 16 heavy (non-hydrogen) atoms. The number of phenolic OH excluding ortho intramolecular Hbond substituents is 1. The summed E-state index contributed by atoms with van der Waals surface area (Å²) in [5, 5.41) is 12.8. The Hall–Kier alpha value is -1.46. The fourth-order valence-electron chi connectivity index (χ4n) is 1.45. The monoisotopic (exact) mass is 217 g/mol. The van der Waals surface area contributed by atoms with Gasteiger partial charge in [0, 0.05) is 11.1 Å². The standard InChI is InChI=1S/C14H19NO/c1-14(2,3)12-10-11(6-5-9-15-4)7-8-13(12)16/h7-8,10,15-16H,9H2,1-4H3. The van der Waals surface area contributed by atoms with Gasteiger partial charge in [-0.3, -0.25) is 0 Å². The minimum Gasteiger partial charge on any atom is -0.508 e. The second kappa shape index (κ2) is 5.05. The summed E-state index contributed by atoms with van der Waals surface area (Å²) in [5.74, 6) is 6.41. The molecule has 0 aromatic heterocycles. The van der Waals surface area contributed by atoms with Crippen LogP contribution in [0, 0.1) is 11.8 Å². The molecule has 2 heteroatoms. The average molecular weight is 217 g/mol. The van der Waals surface area contributed by atoms with Crippen LogP contribution in [0.25, 0.3) is 0 Å². The first-order valence-electron chi connectivity index (χ1n) is 5.42. The normalized spacial score (nSPS) is 10.8. The SMILES string of the molecule is CNCC#Cc1ccc(O)c(C(C)(C)C)c1. The van der Waals surface area contributed by atoms with Crippen LogP contribution in [0.15, 0.2) is 18.2 Å². The fourth-order valence-corrected chi connectivity index (χ4v) is 1.45. The smallest absolute Gasteiger partial charge is 0.119 e. The molecule has 1 rings (SSSR count). The average Bonchev–Trinajstić information content (AvgIpc) is 2.19. The third-order valence-electron chi connectivity index (χ3n) is 2.30. The van der Waals surface area contributed by atoms with Crippen molar-refractivity contribution in [2.45, 2.75) is 26.2 Å². The van der Waals surface area contributed by atoms with E-state index in [0.29, 0.717) is 12.3 Å². The topological polar surface area (TPSA) is 32.3 Å². The Morgan fingerprint density at radius 1 is 1.31 bits per heavy atom. The molecule has 1 aromatic carbocycles. The van der Waals surface area contributed by atoms with Crippen molar-refractivity contribution in [2.24, 2.45) is 0 Å². The molecule has 2 nitrogen and oxygen atoms in total. The van der Waals surface area contributed by atoms with Crippen molar-refractivity contribution in [1.82, 2.24) is 5.32 Å². The van der Waals surface area contributed by atoms with Crippen LogP contribution in [0.2, 0.25) is 0 Å². The predicted molar refractivity (Wildman–Crippen MR) is 67.6 cm³/mol. The van der Waals surface area contributed by atoms with E-state index in [1.807, 2.05) is 19.2 Å². The lowest BCUT2D eigenvalue weighted by atomic mass is 9.85. The highest BCUT2D eigenvalue weighted by atomic mass is 16.3. The maximum Gasteiger partial charge on any atom is 0.119 e. The van der Waals surface area contributed by atoms with Crippen LogP contribution in [0.1, 0.15) is 31.9 Å². The van der Waals surface area contributed by atoms with Crippen LogP contribution in [0.4, 0.5) is 0 Å². The van der Waals surface area contributed by atoms with Crippen LogP contribution in [-0.4, -0.2) is 18.7 Å². The Kier molecular flexibility index (Phi) is 3.98.